The Hall–Kier alpha value is -3.74. The number of pyridine rings is 2. The van der Waals surface area contributed by atoms with Gasteiger partial charge in [-0.2, -0.15) is 0 Å². The van der Waals surface area contributed by atoms with Gasteiger partial charge < -0.3 is 15.2 Å². The second-order valence-corrected chi connectivity index (χ2v) is 7.77. The first-order valence-corrected chi connectivity index (χ1v) is 10.2. The summed E-state index contributed by atoms with van der Waals surface area (Å²) in [6.45, 7) is 3.01. The lowest BCUT2D eigenvalue weighted by Gasteiger charge is -2.30. The molecule has 7 nitrogen and oxygen atoms in total. The van der Waals surface area contributed by atoms with Crippen molar-refractivity contribution in [2.24, 2.45) is 5.73 Å². The number of benzene rings is 1. The third kappa shape index (κ3) is 4.26. The van der Waals surface area contributed by atoms with E-state index in [9.17, 15) is 14.4 Å². The predicted molar refractivity (Wildman–Crippen MR) is 117 cm³/mol. The molecule has 4 rings (SSSR count). The first-order valence-electron chi connectivity index (χ1n) is 10.2. The topological polar surface area (TPSA) is 98.3 Å². The first kappa shape index (κ1) is 20.5. The van der Waals surface area contributed by atoms with Crippen LogP contribution in [0.15, 0.2) is 59.7 Å². The number of fused-ring (bicyclic) bond motifs is 1. The SMILES string of the molecule is Cc1ccc(C(=O)N2CCc3c(cn(CCc4ccccc4)c(=O)c3C(N)=O)C2)cn1. The lowest BCUT2D eigenvalue weighted by atomic mass is 9.95. The Bertz CT molecular complexity index is 1180. The van der Waals surface area contributed by atoms with Gasteiger partial charge in [-0.3, -0.25) is 19.4 Å². The van der Waals surface area contributed by atoms with Crippen LogP contribution in [0.2, 0.25) is 0 Å². The average Bonchev–Trinajstić information content (AvgIpc) is 2.78. The number of aromatic nitrogens is 2. The van der Waals surface area contributed by atoms with E-state index < -0.39 is 5.91 Å². The summed E-state index contributed by atoms with van der Waals surface area (Å²) in [5.41, 5.74) is 9.12. The summed E-state index contributed by atoms with van der Waals surface area (Å²) in [7, 11) is 0. The van der Waals surface area contributed by atoms with Gasteiger partial charge >= 0.3 is 0 Å². The third-order valence-electron chi connectivity index (χ3n) is 5.64. The highest BCUT2D eigenvalue weighted by Crippen LogP contribution is 2.22. The van der Waals surface area contributed by atoms with Gasteiger partial charge in [0, 0.05) is 37.7 Å². The van der Waals surface area contributed by atoms with Gasteiger partial charge in [0.2, 0.25) is 0 Å². The molecular weight excluding hydrogens is 392 g/mol. The molecule has 1 aliphatic heterocycles. The molecule has 0 atom stereocenters. The van der Waals surface area contributed by atoms with E-state index in [0.717, 1.165) is 16.8 Å². The fourth-order valence-electron chi connectivity index (χ4n) is 3.98. The maximum atomic E-state index is 12.9. The molecular formula is C24H24N4O3. The Morgan fingerprint density at radius 3 is 2.58 bits per heavy atom. The van der Waals surface area contributed by atoms with Crippen LogP contribution >= 0.6 is 0 Å². The van der Waals surface area contributed by atoms with Gasteiger partial charge in [0.15, 0.2) is 0 Å². The number of aryl methyl sites for hydroxylation is 3. The number of hydrogen-bond donors (Lipinski definition) is 1. The van der Waals surface area contributed by atoms with E-state index in [1.165, 1.54) is 4.57 Å². The molecule has 2 aromatic heterocycles. The number of amides is 2. The van der Waals surface area contributed by atoms with Crippen LogP contribution in [0.3, 0.4) is 0 Å². The van der Waals surface area contributed by atoms with Gasteiger partial charge in [-0.25, -0.2) is 0 Å². The van der Waals surface area contributed by atoms with E-state index in [1.54, 1.807) is 29.4 Å². The van der Waals surface area contributed by atoms with Gasteiger partial charge in [0.1, 0.15) is 5.56 Å². The van der Waals surface area contributed by atoms with E-state index in [2.05, 4.69) is 4.98 Å². The van der Waals surface area contributed by atoms with Crippen LogP contribution in [0.4, 0.5) is 0 Å². The van der Waals surface area contributed by atoms with Gasteiger partial charge in [-0.1, -0.05) is 30.3 Å². The normalized spacial score (nSPS) is 13.0. The molecule has 2 amide bonds. The van der Waals surface area contributed by atoms with Crippen LogP contribution in [0, 0.1) is 6.92 Å². The minimum Gasteiger partial charge on any atom is -0.365 e. The summed E-state index contributed by atoms with van der Waals surface area (Å²) in [5.74, 6) is -0.848. The van der Waals surface area contributed by atoms with Crippen LogP contribution in [-0.2, 0) is 25.9 Å². The molecule has 1 aromatic carbocycles. The van der Waals surface area contributed by atoms with Crippen LogP contribution in [-0.4, -0.2) is 32.8 Å². The molecule has 3 aromatic rings. The molecule has 158 valence electrons. The number of nitrogens with two attached hydrogens (primary N) is 1. The quantitative estimate of drug-likeness (QED) is 0.689. The molecule has 3 heterocycles. The van der Waals surface area contributed by atoms with E-state index >= 15 is 0 Å². The van der Waals surface area contributed by atoms with Gasteiger partial charge in [0.25, 0.3) is 17.4 Å². The first-order chi connectivity index (χ1) is 14.9. The largest absolute Gasteiger partial charge is 0.365 e. The standard InChI is InChI=1S/C24H24N4O3/c1-16-7-8-18(13-26-16)23(30)27-12-10-20-19(14-27)15-28(24(31)21(20)22(25)29)11-9-17-5-3-2-4-6-17/h2-8,13,15H,9-12,14H2,1H3,(H2,25,29). The molecule has 0 spiro atoms. The zero-order valence-electron chi connectivity index (χ0n) is 17.4. The van der Waals surface area contributed by atoms with Gasteiger partial charge in [0.05, 0.1) is 5.56 Å². The summed E-state index contributed by atoms with van der Waals surface area (Å²) in [6.07, 6.45) is 4.39. The van der Waals surface area contributed by atoms with Crippen molar-refractivity contribution in [3.63, 3.8) is 0 Å². The zero-order chi connectivity index (χ0) is 22.0. The van der Waals surface area contributed by atoms with Crippen molar-refractivity contribution in [2.45, 2.75) is 32.9 Å². The minimum absolute atomic E-state index is 0.0367. The van der Waals surface area contributed by atoms with Crippen molar-refractivity contribution in [1.29, 1.82) is 0 Å². The summed E-state index contributed by atoms with van der Waals surface area (Å²) in [5, 5.41) is 0. The van der Waals surface area contributed by atoms with Crippen molar-refractivity contribution in [3.05, 3.63) is 98.7 Å². The van der Waals surface area contributed by atoms with Crippen molar-refractivity contribution in [1.82, 2.24) is 14.5 Å². The molecule has 31 heavy (non-hydrogen) atoms. The van der Waals surface area contributed by atoms with Crippen LogP contribution < -0.4 is 11.3 Å². The van der Waals surface area contributed by atoms with E-state index in [0.29, 0.717) is 43.6 Å². The van der Waals surface area contributed by atoms with Crippen LogP contribution in [0.25, 0.3) is 0 Å². The molecule has 0 saturated carbocycles. The second-order valence-electron chi connectivity index (χ2n) is 7.77. The fraction of sp³-hybridized carbons (Fsp3) is 0.250. The highest BCUT2D eigenvalue weighted by Gasteiger charge is 2.27. The molecule has 0 aliphatic carbocycles. The molecule has 0 bridgehead atoms. The van der Waals surface area contributed by atoms with E-state index in [1.807, 2.05) is 37.3 Å². The highest BCUT2D eigenvalue weighted by molar-refractivity contribution is 5.95. The maximum absolute atomic E-state index is 12.9. The number of primary amides is 1. The van der Waals surface area contributed by atoms with Crippen molar-refractivity contribution >= 4 is 11.8 Å². The Kier molecular flexibility index (Phi) is 5.66. The fourth-order valence-corrected chi connectivity index (χ4v) is 3.98. The monoisotopic (exact) mass is 416 g/mol. The summed E-state index contributed by atoms with van der Waals surface area (Å²) in [4.78, 5) is 43.9. The molecule has 0 radical (unpaired) electrons. The predicted octanol–water partition coefficient (Wildman–Crippen LogP) is 2.09. The molecule has 0 unspecified atom stereocenters. The van der Waals surface area contributed by atoms with E-state index in [-0.39, 0.29) is 17.0 Å². The van der Waals surface area contributed by atoms with Crippen molar-refractivity contribution in [3.8, 4) is 0 Å². The zero-order valence-corrected chi connectivity index (χ0v) is 17.4. The Morgan fingerprint density at radius 2 is 1.90 bits per heavy atom. The highest BCUT2D eigenvalue weighted by atomic mass is 16.2. The second kappa shape index (κ2) is 8.55. The Labute approximate surface area is 180 Å². The lowest BCUT2D eigenvalue weighted by molar-refractivity contribution is 0.0733. The molecule has 0 fully saturated rings. The number of nitrogens with zero attached hydrogens (tertiary/aromatic N) is 3. The van der Waals surface area contributed by atoms with Gasteiger partial charge in [-0.15, -0.1) is 0 Å². The Morgan fingerprint density at radius 1 is 1.13 bits per heavy atom. The summed E-state index contributed by atoms with van der Waals surface area (Å²) in [6, 6.07) is 13.4. The third-order valence-corrected chi connectivity index (χ3v) is 5.64. The number of rotatable bonds is 5. The summed E-state index contributed by atoms with van der Waals surface area (Å²) < 4.78 is 1.54. The van der Waals surface area contributed by atoms with Gasteiger partial charge in [-0.05, 0) is 48.6 Å². The van der Waals surface area contributed by atoms with E-state index in [4.69, 9.17) is 5.73 Å². The lowest BCUT2D eigenvalue weighted by Crippen LogP contribution is -2.40. The number of hydrogen-bond acceptors (Lipinski definition) is 4. The number of carbonyl (C=O) groups is 2. The smallest absolute Gasteiger partial charge is 0.263 e. The molecule has 1 aliphatic rings. The van der Waals surface area contributed by atoms with Crippen LogP contribution in [0.1, 0.15) is 43.1 Å². The molecule has 2 N–H and O–H groups in total. The molecule has 7 heteroatoms. The van der Waals surface area contributed by atoms with Crippen LogP contribution in [0.5, 0.6) is 0 Å². The Balaban J connectivity index is 1.64. The minimum atomic E-state index is -0.724. The van der Waals surface area contributed by atoms with Crippen molar-refractivity contribution in [2.75, 3.05) is 6.54 Å². The molecule has 0 saturated heterocycles. The maximum Gasteiger partial charge on any atom is 0.263 e. The number of carbonyl (C=O) groups excluding carboxylic acids is 2. The average molecular weight is 416 g/mol. The summed E-state index contributed by atoms with van der Waals surface area (Å²) >= 11 is 0. The van der Waals surface area contributed by atoms with Crippen molar-refractivity contribution < 1.29 is 9.59 Å².